The van der Waals surface area contributed by atoms with Gasteiger partial charge in [-0.15, -0.1) is 5.10 Å². The molecule has 0 unspecified atom stereocenters. The zero-order valence-corrected chi connectivity index (χ0v) is 11.2. The third kappa shape index (κ3) is 2.76. The first kappa shape index (κ1) is 11.8. The lowest BCUT2D eigenvalue weighted by Gasteiger charge is -2.00. The number of rotatable bonds is 3. The number of nitrogens with zero attached hydrogens (tertiary/aromatic N) is 5. The largest absolute Gasteiger partial charge is 0.404 e. The van der Waals surface area contributed by atoms with Crippen molar-refractivity contribution < 1.29 is 4.74 Å². The fourth-order valence-corrected chi connectivity index (χ4v) is 1.75. The van der Waals surface area contributed by atoms with E-state index in [-0.39, 0.29) is 6.01 Å². The van der Waals surface area contributed by atoms with E-state index in [9.17, 15) is 0 Å². The molecular formula is C12H8BrN5O. The summed E-state index contributed by atoms with van der Waals surface area (Å²) in [7, 11) is 0. The number of aromatic nitrogens is 5. The molecule has 3 rings (SSSR count). The van der Waals surface area contributed by atoms with Gasteiger partial charge in [-0.05, 0) is 28.1 Å². The fraction of sp³-hybridized carbons (Fsp3) is 0. The van der Waals surface area contributed by atoms with Gasteiger partial charge in [0.2, 0.25) is 5.88 Å². The molecule has 0 saturated heterocycles. The van der Waals surface area contributed by atoms with Crippen LogP contribution in [0.25, 0.3) is 5.69 Å². The summed E-state index contributed by atoms with van der Waals surface area (Å²) in [5, 5.41) is 4.21. The van der Waals surface area contributed by atoms with Crippen LogP contribution in [0.15, 0.2) is 53.7 Å². The molecular weight excluding hydrogens is 310 g/mol. The molecule has 0 aliphatic carbocycles. The molecule has 0 aliphatic rings. The third-order valence-electron chi connectivity index (χ3n) is 2.30. The molecule has 0 amide bonds. The van der Waals surface area contributed by atoms with E-state index in [1.54, 1.807) is 17.1 Å². The Hall–Kier alpha value is -2.28. The Kier molecular flexibility index (Phi) is 3.20. The van der Waals surface area contributed by atoms with Gasteiger partial charge in [0.15, 0.2) is 0 Å². The highest BCUT2D eigenvalue weighted by atomic mass is 79.9. The minimum absolute atomic E-state index is 0.231. The van der Waals surface area contributed by atoms with E-state index >= 15 is 0 Å². The maximum Gasteiger partial charge on any atom is 0.342 e. The topological polar surface area (TPSA) is 65.7 Å². The summed E-state index contributed by atoms with van der Waals surface area (Å²) in [4.78, 5) is 11.9. The van der Waals surface area contributed by atoms with E-state index in [0.717, 1.165) is 5.69 Å². The molecule has 0 radical (unpaired) electrons. The van der Waals surface area contributed by atoms with Crippen LogP contribution >= 0.6 is 15.9 Å². The molecule has 2 heterocycles. The van der Waals surface area contributed by atoms with Gasteiger partial charge in [-0.1, -0.05) is 18.2 Å². The molecule has 1 aromatic carbocycles. The van der Waals surface area contributed by atoms with Crippen molar-refractivity contribution in [1.29, 1.82) is 0 Å². The summed E-state index contributed by atoms with van der Waals surface area (Å²) in [6.45, 7) is 0. The van der Waals surface area contributed by atoms with Crippen molar-refractivity contribution in [2.75, 3.05) is 0 Å². The minimum atomic E-state index is 0.231. The molecule has 0 N–H and O–H groups in total. The third-order valence-corrected chi connectivity index (χ3v) is 2.73. The first-order chi connectivity index (χ1) is 9.31. The highest BCUT2D eigenvalue weighted by molar-refractivity contribution is 9.10. The van der Waals surface area contributed by atoms with Crippen LogP contribution in [0.2, 0.25) is 0 Å². The molecule has 0 fully saturated rings. The molecule has 0 atom stereocenters. The molecule has 3 aromatic rings. The second kappa shape index (κ2) is 5.15. The Balaban J connectivity index is 1.82. The molecule has 2 aromatic heterocycles. The average molecular weight is 318 g/mol. The summed E-state index contributed by atoms with van der Waals surface area (Å²) in [6, 6.07) is 11.5. The molecule has 0 aliphatic heterocycles. The molecule has 7 heteroatoms. The standard InChI is InChI=1S/C12H8BrN5O/c13-10-6-11(15-7-14-10)19-12-16-8-18(17-12)9-4-2-1-3-5-9/h1-8H. The first-order valence-corrected chi connectivity index (χ1v) is 6.23. The molecule has 94 valence electrons. The van der Waals surface area contributed by atoms with Gasteiger partial charge < -0.3 is 4.74 Å². The number of para-hydroxylation sites is 1. The maximum absolute atomic E-state index is 5.44. The Morgan fingerprint density at radius 1 is 1.05 bits per heavy atom. The number of ether oxygens (including phenoxy) is 1. The van der Waals surface area contributed by atoms with Crippen LogP contribution in [-0.2, 0) is 0 Å². The monoisotopic (exact) mass is 317 g/mol. The predicted octanol–water partition coefficient (Wildman–Crippen LogP) is 2.61. The van der Waals surface area contributed by atoms with Gasteiger partial charge in [-0.25, -0.2) is 14.6 Å². The van der Waals surface area contributed by atoms with Gasteiger partial charge in [-0.2, -0.15) is 4.98 Å². The number of benzene rings is 1. The van der Waals surface area contributed by atoms with E-state index in [4.69, 9.17) is 4.74 Å². The Morgan fingerprint density at radius 2 is 1.89 bits per heavy atom. The summed E-state index contributed by atoms with van der Waals surface area (Å²) in [5.41, 5.74) is 0.911. The van der Waals surface area contributed by atoms with Crippen LogP contribution in [0.4, 0.5) is 0 Å². The maximum atomic E-state index is 5.44. The molecule has 0 spiro atoms. The van der Waals surface area contributed by atoms with Gasteiger partial charge in [0.25, 0.3) is 0 Å². The summed E-state index contributed by atoms with van der Waals surface area (Å²) >= 11 is 3.24. The number of hydrogen-bond acceptors (Lipinski definition) is 5. The summed E-state index contributed by atoms with van der Waals surface area (Å²) < 4.78 is 7.71. The zero-order chi connectivity index (χ0) is 13.1. The lowest BCUT2D eigenvalue weighted by molar-refractivity contribution is 0.423. The Labute approximate surface area is 117 Å². The second-order valence-electron chi connectivity index (χ2n) is 3.59. The molecule has 6 nitrogen and oxygen atoms in total. The van der Waals surface area contributed by atoms with E-state index in [1.165, 1.54) is 6.33 Å². The van der Waals surface area contributed by atoms with E-state index in [0.29, 0.717) is 10.5 Å². The van der Waals surface area contributed by atoms with Crippen molar-refractivity contribution in [1.82, 2.24) is 24.7 Å². The number of hydrogen-bond donors (Lipinski definition) is 0. The van der Waals surface area contributed by atoms with E-state index < -0.39 is 0 Å². The van der Waals surface area contributed by atoms with Gasteiger partial charge in [-0.3, -0.25) is 0 Å². The van der Waals surface area contributed by atoms with Gasteiger partial charge in [0.05, 0.1) is 5.69 Å². The smallest absolute Gasteiger partial charge is 0.342 e. The summed E-state index contributed by atoms with van der Waals surface area (Å²) in [6.07, 6.45) is 2.98. The summed E-state index contributed by atoms with van der Waals surface area (Å²) in [5.74, 6) is 0.382. The number of halogens is 1. The van der Waals surface area contributed by atoms with Crippen LogP contribution in [-0.4, -0.2) is 24.7 Å². The van der Waals surface area contributed by atoms with Crippen LogP contribution < -0.4 is 4.74 Å². The van der Waals surface area contributed by atoms with Gasteiger partial charge >= 0.3 is 6.01 Å². The fourth-order valence-electron chi connectivity index (χ4n) is 1.47. The minimum Gasteiger partial charge on any atom is -0.404 e. The van der Waals surface area contributed by atoms with Crippen LogP contribution in [0.5, 0.6) is 11.9 Å². The molecule has 0 saturated carbocycles. The quantitative estimate of drug-likeness (QED) is 0.695. The predicted molar refractivity (Wildman–Crippen MR) is 71.2 cm³/mol. The second-order valence-corrected chi connectivity index (χ2v) is 4.40. The SMILES string of the molecule is Brc1cc(Oc2ncn(-c3ccccc3)n2)ncn1. The van der Waals surface area contributed by atoms with Crippen LogP contribution in [0.1, 0.15) is 0 Å². The van der Waals surface area contributed by atoms with Crippen LogP contribution in [0.3, 0.4) is 0 Å². The van der Waals surface area contributed by atoms with E-state index in [1.807, 2.05) is 30.3 Å². The lowest BCUT2D eigenvalue weighted by Crippen LogP contribution is -1.95. The van der Waals surface area contributed by atoms with Crippen molar-refractivity contribution >= 4 is 15.9 Å². The van der Waals surface area contributed by atoms with E-state index in [2.05, 4.69) is 36.0 Å². The first-order valence-electron chi connectivity index (χ1n) is 5.44. The van der Waals surface area contributed by atoms with Crippen molar-refractivity contribution in [3.63, 3.8) is 0 Å². The van der Waals surface area contributed by atoms with Gasteiger partial charge in [0.1, 0.15) is 17.3 Å². The lowest BCUT2D eigenvalue weighted by atomic mass is 10.3. The highest BCUT2D eigenvalue weighted by Crippen LogP contribution is 2.17. The van der Waals surface area contributed by atoms with Crippen molar-refractivity contribution in [2.45, 2.75) is 0 Å². The Morgan fingerprint density at radius 3 is 2.68 bits per heavy atom. The normalized spacial score (nSPS) is 10.4. The molecule has 0 bridgehead atoms. The zero-order valence-electron chi connectivity index (χ0n) is 9.64. The van der Waals surface area contributed by atoms with Crippen molar-refractivity contribution in [3.8, 4) is 17.6 Å². The van der Waals surface area contributed by atoms with Crippen molar-refractivity contribution in [2.24, 2.45) is 0 Å². The van der Waals surface area contributed by atoms with Crippen LogP contribution in [0, 0.1) is 0 Å². The average Bonchev–Trinajstić information content (AvgIpc) is 2.88. The highest BCUT2D eigenvalue weighted by Gasteiger charge is 2.06. The Bertz CT molecular complexity index is 685. The molecule has 19 heavy (non-hydrogen) atoms. The van der Waals surface area contributed by atoms with Gasteiger partial charge in [0, 0.05) is 6.07 Å². The van der Waals surface area contributed by atoms with Crippen molar-refractivity contribution in [3.05, 3.63) is 53.7 Å².